The average Bonchev–Trinajstić information content (AvgIpc) is 3.10. The Morgan fingerprint density at radius 3 is 2.96 bits per heavy atom. The molecule has 1 N–H and O–H groups in total. The van der Waals surface area contributed by atoms with Crippen LogP contribution in [0.15, 0.2) is 42.7 Å². The van der Waals surface area contributed by atoms with Gasteiger partial charge >= 0.3 is 0 Å². The summed E-state index contributed by atoms with van der Waals surface area (Å²) in [7, 11) is 0. The number of ether oxygens (including phenoxy) is 2. The smallest absolute Gasteiger partial charge is 0.186 e. The van der Waals surface area contributed by atoms with Gasteiger partial charge in [-0.15, -0.1) is 12.4 Å². The molecular formula is C20H25ClN4O2S. The van der Waals surface area contributed by atoms with Crippen LogP contribution in [0.4, 0.5) is 5.13 Å². The standard InChI is InChI=1S/C20H24N4O2S.ClH/c1-14(2)26-16-5-6-18-19(10-16)27-20(23-18)24-9-8-22-11-15(24)13-25-17-4-3-7-21-12-17;/h3-7,10,12,14-15,22H,8-9,11,13H2,1-2H3;1H. The number of benzene rings is 1. The van der Waals surface area contributed by atoms with E-state index >= 15 is 0 Å². The van der Waals surface area contributed by atoms with Crippen LogP contribution in [0, 0.1) is 0 Å². The molecule has 1 atom stereocenters. The van der Waals surface area contributed by atoms with E-state index in [0.29, 0.717) is 6.61 Å². The molecule has 150 valence electrons. The number of thiazole rings is 1. The van der Waals surface area contributed by atoms with Crippen LogP contribution >= 0.6 is 23.7 Å². The highest BCUT2D eigenvalue weighted by atomic mass is 35.5. The third kappa shape index (κ3) is 4.84. The highest BCUT2D eigenvalue weighted by Gasteiger charge is 2.25. The number of fused-ring (bicyclic) bond motifs is 1. The van der Waals surface area contributed by atoms with Gasteiger partial charge in [0.2, 0.25) is 0 Å². The molecule has 3 heterocycles. The van der Waals surface area contributed by atoms with Crippen LogP contribution in [0.1, 0.15) is 13.8 Å². The zero-order valence-electron chi connectivity index (χ0n) is 16.0. The molecule has 0 aliphatic carbocycles. The van der Waals surface area contributed by atoms with Crippen molar-refractivity contribution in [3.8, 4) is 11.5 Å². The summed E-state index contributed by atoms with van der Waals surface area (Å²) in [6.07, 6.45) is 3.66. The van der Waals surface area contributed by atoms with Gasteiger partial charge in [0.1, 0.15) is 18.1 Å². The van der Waals surface area contributed by atoms with Gasteiger partial charge in [0.05, 0.1) is 28.6 Å². The minimum Gasteiger partial charge on any atom is -0.491 e. The number of hydrogen-bond donors (Lipinski definition) is 1. The van der Waals surface area contributed by atoms with E-state index in [1.807, 2.05) is 38.1 Å². The Morgan fingerprint density at radius 2 is 2.18 bits per heavy atom. The minimum atomic E-state index is 0. The summed E-state index contributed by atoms with van der Waals surface area (Å²) in [5.41, 5.74) is 1.01. The molecule has 1 saturated heterocycles. The molecule has 1 fully saturated rings. The van der Waals surface area contributed by atoms with Crippen molar-refractivity contribution >= 4 is 39.1 Å². The molecule has 1 aromatic carbocycles. The summed E-state index contributed by atoms with van der Waals surface area (Å²) in [6, 6.07) is 10.2. The Balaban J connectivity index is 0.00000225. The van der Waals surface area contributed by atoms with Crippen LogP contribution in [0.2, 0.25) is 0 Å². The Kier molecular flexibility index (Phi) is 6.93. The van der Waals surface area contributed by atoms with Crippen molar-refractivity contribution in [1.29, 1.82) is 0 Å². The van der Waals surface area contributed by atoms with Gasteiger partial charge in [0, 0.05) is 25.8 Å². The van der Waals surface area contributed by atoms with Crippen molar-refractivity contribution < 1.29 is 9.47 Å². The van der Waals surface area contributed by atoms with E-state index in [4.69, 9.17) is 14.5 Å². The van der Waals surface area contributed by atoms with Gasteiger partial charge in [-0.25, -0.2) is 4.98 Å². The largest absolute Gasteiger partial charge is 0.491 e. The molecule has 1 unspecified atom stereocenters. The fraction of sp³-hybridized carbons (Fsp3) is 0.400. The lowest BCUT2D eigenvalue weighted by atomic mass is 10.2. The molecule has 3 aromatic rings. The van der Waals surface area contributed by atoms with E-state index in [1.54, 1.807) is 23.7 Å². The lowest BCUT2D eigenvalue weighted by molar-refractivity contribution is 0.243. The highest BCUT2D eigenvalue weighted by molar-refractivity contribution is 7.22. The van der Waals surface area contributed by atoms with E-state index in [-0.39, 0.29) is 24.6 Å². The van der Waals surface area contributed by atoms with E-state index in [9.17, 15) is 0 Å². The molecule has 0 amide bonds. The van der Waals surface area contributed by atoms with E-state index in [2.05, 4.69) is 21.3 Å². The van der Waals surface area contributed by atoms with Gasteiger partial charge in [-0.1, -0.05) is 11.3 Å². The number of piperazine rings is 1. The molecule has 8 heteroatoms. The maximum atomic E-state index is 5.95. The third-order valence-electron chi connectivity index (χ3n) is 4.39. The number of anilines is 1. The second kappa shape index (κ2) is 9.41. The summed E-state index contributed by atoms with van der Waals surface area (Å²) >= 11 is 1.71. The maximum absolute atomic E-state index is 5.95. The Morgan fingerprint density at radius 1 is 1.29 bits per heavy atom. The zero-order valence-corrected chi connectivity index (χ0v) is 17.6. The molecule has 1 aliphatic heterocycles. The zero-order chi connectivity index (χ0) is 18.6. The van der Waals surface area contributed by atoms with E-state index in [0.717, 1.165) is 46.5 Å². The first-order valence-corrected chi connectivity index (χ1v) is 10.1. The summed E-state index contributed by atoms with van der Waals surface area (Å²) in [5, 5.41) is 4.49. The minimum absolute atomic E-state index is 0. The van der Waals surface area contributed by atoms with Crippen LogP contribution in [0.25, 0.3) is 10.2 Å². The van der Waals surface area contributed by atoms with Crippen molar-refractivity contribution in [2.24, 2.45) is 0 Å². The Hall–Kier alpha value is -2.09. The molecule has 4 rings (SSSR count). The number of halogens is 1. The van der Waals surface area contributed by atoms with Crippen LogP contribution in [-0.2, 0) is 0 Å². The number of nitrogens with zero attached hydrogens (tertiary/aromatic N) is 3. The summed E-state index contributed by atoms with van der Waals surface area (Å²) in [4.78, 5) is 11.3. The topological polar surface area (TPSA) is 59.5 Å². The quantitative estimate of drug-likeness (QED) is 0.655. The molecule has 0 radical (unpaired) electrons. The number of rotatable bonds is 6. The summed E-state index contributed by atoms with van der Waals surface area (Å²) < 4.78 is 12.9. The lowest BCUT2D eigenvalue weighted by Crippen LogP contribution is -2.54. The fourth-order valence-electron chi connectivity index (χ4n) is 3.15. The van der Waals surface area contributed by atoms with Gasteiger partial charge in [-0.2, -0.15) is 0 Å². The third-order valence-corrected chi connectivity index (χ3v) is 5.45. The second-order valence-corrected chi connectivity index (χ2v) is 7.85. The van der Waals surface area contributed by atoms with Crippen molar-refractivity contribution in [3.05, 3.63) is 42.7 Å². The number of pyridine rings is 1. The molecule has 0 spiro atoms. The normalized spacial score (nSPS) is 16.8. The highest BCUT2D eigenvalue weighted by Crippen LogP contribution is 2.33. The molecule has 2 aromatic heterocycles. The maximum Gasteiger partial charge on any atom is 0.186 e. The predicted molar refractivity (Wildman–Crippen MR) is 116 cm³/mol. The number of nitrogens with one attached hydrogen (secondary N) is 1. The summed E-state index contributed by atoms with van der Waals surface area (Å²) in [5.74, 6) is 1.69. The first-order chi connectivity index (χ1) is 13.2. The van der Waals surface area contributed by atoms with Gasteiger partial charge in [-0.3, -0.25) is 4.98 Å². The molecule has 1 aliphatic rings. The molecule has 28 heavy (non-hydrogen) atoms. The van der Waals surface area contributed by atoms with Crippen LogP contribution in [-0.4, -0.2) is 48.4 Å². The number of hydrogen-bond acceptors (Lipinski definition) is 7. The van der Waals surface area contributed by atoms with Gasteiger partial charge < -0.3 is 19.7 Å². The van der Waals surface area contributed by atoms with Crippen LogP contribution in [0.3, 0.4) is 0 Å². The molecule has 6 nitrogen and oxygen atoms in total. The van der Waals surface area contributed by atoms with Gasteiger partial charge in [-0.05, 0) is 44.2 Å². The molecule has 0 bridgehead atoms. The Labute approximate surface area is 175 Å². The number of aromatic nitrogens is 2. The van der Waals surface area contributed by atoms with Gasteiger partial charge in [0.15, 0.2) is 5.13 Å². The second-order valence-electron chi connectivity index (χ2n) is 6.84. The Bertz CT molecular complexity index is 890. The molecule has 0 saturated carbocycles. The summed E-state index contributed by atoms with van der Waals surface area (Å²) in [6.45, 7) is 7.40. The van der Waals surface area contributed by atoms with Gasteiger partial charge in [0.25, 0.3) is 0 Å². The average molecular weight is 421 g/mol. The van der Waals surface area contributed by atoms with Crippen molar-refractivity contribution in [3.63, 3.8) is 0 Å². The van der Waals surface area contributed by atoms with Crippen LogP contribution in [0.5, 0.6) is 11.5 Å². The first kappa shape index (κ1) is 20.6. The SMILES string of the molecule is CC(C)Oc1ccc2nc(N3CCNCC3COc3cccnc3)sc2c1.Cl. The lowest BCUT2D eigenvalue weighted by Gasteiger charge is -2.35. The fourth-order valence-corrected chi connectivity index (χ4v) is 4.24. The van der Waals surface area contributed by atoms with Crippen molar-refractivity contribution in [1.82, 2.24) is 15.3 Å². The van der Waals surface area contributed by atoms with Crippen molar-refractivity contribution in [2.75, 3.05) is 31.1 Å². The molecular weight excluding hydrogens is 396 g/mol. The predicted octanol–water partition coefficient (Wildman–Crippen LogP) is 3.76. The van der Waals surface area contributed by atoms with Crippen molar-refractivity contribution in [2.45, 2.75) is 26.0 Å². The first-order valence-electron chi connectivity index (χ1n) is 9.26. The van der Waals surface area contributed by atoms with E-state index < -0.39 is 0 Å². The van der Waals surface area contributed by atoms with Crippen LogP contribution < -0.4 is 19.7 Å². The monoisotopic (exact) mass is 420 g/mol. The van der Waals surface area contributed by atoms with E-state index in [1.165, 1.54) is 0 Å².